The lowest BCUT2D eigenvalue weighted by Gasteiger charge is -2.21. The number of nitrogens with zero attached hydrogens (tertiary/aromatic N) is 7. The number of rotatable bonds is 5. The molecule has 0 aliphatic carbocycles. The number of hydrogen-bond donors (Lipinski definition) is 0. The molecule has 8 nitrogen and oxygen atoms in total. The predicted molar refractivity (Wildman–Crippen MR) is 97.5 cm³/mol. The largest absolute Gasteiger partial charge is 0.471 e. The number of aromatic nitrogens is 6. The van der Waals surface area contributed by atoms with Gasteiger partial charge in [-0.2, -0.15) is 36.4 Å². The van der Waals surface area contributed by atoms with E-state index in [2.05, 4.69) is 34.8 Å². The summed E-state index contributed by atoms with van der Waals surface area (Å²) in [5.41, 5.74) is -1.01. The van der Waals surface area contributed by atoms with E-state index in [9.17, 15) is 26.3 Å². The molecule has 166 valence electrons. The molecule has 0 aromatic carbocycles. The molecule has 0 bridgehead atoms. The topological polar surface area (TPSA) is 93.7 Å². The molecular weight excluding hydrogens is 464 g/mol. The van der Waals surface area contributed by atoms with Gasteiger partial charge in [-0.3, -0.25) is 4.90 Å². The molecule has 0 saturated heterocycles. The molecule has 0 spiro atoms. The number of halogens is 6. The lowest BCUT2D eigenvalue weighted by atomic mass is 10.3. The Balaban J connectivity index is 1.66. The average molecular weight is 473 g/mol. The Morgan fingerprint density at radius 1 is 1.00 bits per heavy atom. The molecule has 4 heterocycles. The van der Waals surface area contributed by atoms with Gasteiger partial charge in [-0.15, -0.1) is 16.4 Å². The summed E-state index contributed by atoms with van der Waals surface area (Å²) in [5, 5.41) is 10.5. The van der Waals surface area contributed by atoms with Gasteiger partial charge in [0, 0.05) is 17.3 Å². The predicted octanol–water partition coefficient (Wildman–Crippen LogP) is 4.75. The van der Waals surface area contributed by atoms with Crippen molar-refractivity contribution in [1.82, 2.24) is 30.3 Å². The van der Waals surface area contributed by atoms with E-state index in [-0.39, 0.29) is 29.0 Å². The van der Waals surface area contributed by atoms with E-state index in [4.69, 9.17) is 0 Å². The third-order valence-corrected chi connectivity index (χ3v) is 4.97. The molecule has 0 unspecified atom stereocenters. The smallest absolute Gasteiger partial charge is 0.329 e. The minimum Gasteiger partial charge on any atom is -0.329 e. The molecular formula is C17H9F6N7OS. The van der Waals surface area contributed by atoms with Gasteiger partial charge >= 0.3 is 18.2 Å². The van der Waals surface area contributed by atoms with Crippen molar-refractivity contribution in [3.05, 3.63) is 59.2 Å². The first-order chi connectivity index (χ1) is 15.1. The first-order valence-corrected chi connectivity index (χ1v) is 9.37. The van der Waals surface area contributed by atoms with E-state index in [1.54, 1.807) is 6.07 Å². The fraction of sp³-hybridized carbons (Fsp3) is 0.176. The van der Waals surface area contributed by atoms with Gasteiger partial charge in [0.15, 0.2) is 5.82 Å². The fourth-order valence-electron chi connectivity index (χ4n) is 2.50. The van der Waals surface area contributed by atoms with Crippen LogP contribution in [-0.2, 0) is 18.9 Å². The molecule has 0 fully saturated rings. The Kier molecular flexibility index (Phi) is 5.50. The van der Waals surface area contributed by atoms with Crippen molar-refractivity contribution in [3.8, 4) is 10.7 Å². The van der Waals surface area contributed by atoms with Crippen LogP contribution in [0.3, 0.4) is 0 Å². The zero-order chi connectivity index (χ0) is 22.9. The first-order valence-electron chi connectivity index (χ1n) is 8.56. The second-order valence-electron chi connectivity index (χ2n) is 6.12. The summed E-state index contributed by atoms with van der Waals surface area (Å²) in [6.45, 7) is -0.0470. The molecule has 4 rings (SSSR count). The van der Waals surface area contributed by atoms with Crippen LogP contribution >= 0.6 is 11.3 Å². The number of alkyl halides is 6. The maximum absolute atomic E-state index is 13.1. The van der Waals surface area contributed by atoms with Crippen LogP contribution in [0.2, 0.25) is 0 Å². The van der Waals surface area contributed by atoms with Crippen molar-refractivity contribution in [2.24, 2.45) is 0 Å². The molecule has 0 radical (unpaired) electrons. The van der Waals surface area contributed by atoms with Crippen LogP contribution < -0.4 is 4.90 Å². The van der Waals surface area contributed by atoms with Crippen molar-refractivity contribution < 1.29 is 30.9 Å². The SMILES string of the molecule is FC(F)(F)c1cnnc(N(Cc2ccc(-c3noc(C(F)(F)F)n3)s2)c2ncccn2)c1. The van der Waals surface area contributed by atoms with Crippen molar-refractivity contribution in [3.63, 3.8) is 0 Å². The molecule has 0 aliphatic rings. The molecule has 0 N–H and O–H groups in total. The van der Waals surface area contributed by atoms with Crippen LogP contribution in [0, 0.1) is 0 Å². The number of hydrogen-bond acceptors (Lipinski definition) is 9. The van der Waals surface area contributed by atoms with Gasteiger partial charge in [0.2, 0.25) is 11.8 Å². The summed E-state index contributed by atoms with van der Waals surface area (Å²) in [6.07, 6.45) is -6.04. The Bertz CT molecular complexity index is 1210. The minimum absolute atomic E-state index is 0.0470. The maximum Gasteiger partial charge on any atom is 0.471 e. The normalized spacial score (nSPS) is 12.2. The Morgan fingerprint density at radius 3 is 2.41 bits per heavy atom. The third-order valence-electron chi connectivity index (χ3n) is 3.90. The summed E-state index contributed by atoms with van der Waals surface area (Å²) in [5.74, 6) is -1.87. The van der Waals surface area contributed by atoms with Crippen LogP contribution in [0.4, 0.5) is 38.1 Å². The standard InChI is InChI=1S/C17H9F6N7OS/c18-16(19,20)9-6-12(28-26-7-9)30(15-24-4-1-5-25-15)8-10-2-3-11(32-10)13-27-14(31-29-13)17(21,22)23/h1-7H,8H2. The van der Waals surface area contributed by atoms with Gasteiger partial charge < -0.3 is 4.52 Å². The molecule has 15 heteroatoms. The van der Waals surface area contributed by atoms with E-state index in [1.807, 2.05) is 0 Å². The highest BCUT2D eigenvalue weighted by Gasteiger charge is 2.38. The van der Waals surface area contributed by atoms with Gasteiger partial charge in [0.05, 0.1) is 23.2 Å². The second kappa shape index (κ2) is 8.14. The van der Waals surface area contributed by atoms with Crippen LogP contribution in [0.15, 0.2) is 47.4 Å². The number of thiophene rings is 1. The summed E-state index contributed by atoms with van der Waals surface area (Å²) in [4.78, 5) is 13.5. The maximum atomic E-state index is 13.1. The summed E-state index contributed by atoms with van der Waals surface area (Å²) in [7, 11) is 0. The quantitative estimate of drug-likeness (QED) is 0.383. The van der Waals surface area contributed by atoms with Gasteiger partial charge in [-0.05, 0) is 24.3 Å². The summed E-state index contributed by atoms with van der Waals surface area (Å²) < 4.78 is 81.6. The van der Waals surface area contributed by atoms with Crippen LogP contribution in [0.1, 0.15) is 16.3 Å². The number of anilines is 2. The van der Waals surface area contributed by atoms with Gasteiger partial charge in [0.25, 0.3) is 0 Å². The monoisotopic (exact) mass is 473 g/mol. The molecule has 4 aromatic rings. The molecule has 0 atom stereocenters. The first kappa shape index (κ1) is 21.6. The van der Waals surface area contributed by atoms with Crippen molar-refractivity contribution in [2.75, 3.05) is 4.90 Å². The van der Waals surface area contributed by atoms with E-state index in [0.717, 1.165) is 17.4 Å². The molecule has 32 heavy (non-hydrogen) atoms. The van der Waals surface area contributed by atoms with Crippen molar-refractivity contribution in [1.29, 1.82) is 0 Å². The van der Waals surface area contributed by atoms with E-state index in [1.165, 1.54) is 29.4 Å². The Morgan fingerprint density at radius 2 is 1.75 bits per heavy atom. The Hall–Kier alpha value is -3.62. The lowest BCUT2D eigenvalue weighted by Crippen LogP contribution is -2.21. The second-order valence-corrected chi connectivity index (χ2v) is 7.29. The van der Waals surface area contributed by atoms with Crippen LogP contribution in [-0.4, -0.2) is 30.3 Å². The zero-order valence-electron chi connectivity index (χ0n) is 15.5. The van der Waals surface area contributed by atoms with E-state index >= 15 is 0 Å². The van der Waals surface area contributed by atoms with Gasteiger partial charge in [-0.1, -0.05) is 5.16 Å². The zero-order valence-corrected chi connectivity index (χ0v) is 16.3. The highest BCUT2D eigenvalue weighted by Crippen LogP contribution is 2.34. The van der Waals surface area contributed by atoms with Crippen LogP contribution in [0.25, 0.3) is 10.7 Å². The third kappa shape index (κ3) is 4.66. The molecule has 0 aliphatic heterocycles. The summed E-state index contributed by atoms with van der Waals surface area (Å²) >= 11 is 1.02. The molecule has 4 aromatic heterocycles. The average Bonchev–Trinajstić information content (AvgIpc) is 3.41. The molecule has 0 saturated carbocycles. The van der Waals surface area contributed by atoms with E-state index in [0.29, 0.717) is 11.1 Å². The minimum atomic E-state index is -4.78. The van der Waals surface area contributed by atoms with E-state index < -0.39 is 23.8 Å². The molecule has 0 amide bonds. The van der Waals surface area contributed by atoms with Crippen LogP contribution in [0.5, 0.6) is 0 Å². The summed E-state index contributed by atoms with van der Waals surface area (Å²) in [6, 6.07) is 5.34. The van der Waals surface area contributed by atoms with Crippen molar-refractivity contribution in [2.45, 2.75) is 18.9 Å². The fourth-order valence-corrected chi connectivity index (χ4v) is 3.43. The van der Waals surface area contributed by atoms with Gasteiger partial charge in [-0.25, -0.2) is 9.97 Å². The Labute approximate surface area is 178 Å². The van der Waals surface area contributed by atoms with Gasteiger partial charge in [0.1, 0.15) is 0 Å². The van der Waals surface area contributed by atoms with Crippen molar-refractivity contribution >= 4 is 23.1 Å². The highest BCUT2D eigenvalue weighted by molar-refractivity contribution is 7.15. The highest BCUT2D eigenvalue weighted by atomic mass is 32.1. The lowest BCUT2D eigenvalue weighted by molar-refractivity contribution is -0.159.